The second kappa shape index (κ2) is 5.85. The molecule has 4 rings (SSSR count). The summed E-state index contributed by atoms with van der Waals surface area (Å²) in [5.74, 6) is 1.33. The number of hydrogen-bond acceptors (Lipinski definition) is 7. The Labute approximate surface area is 138 Å². The van der Waals surface area contributed by atoms with Crippen molar-refractivity contribution in [3.63, 3.8) is 0 Å². The Morgan fingerprint density at radius 2 is 2.09 bits per heavy atom. The maximum Gasteiger partial charge on any atom is 0.188 e. The largest absolute Gasteiger partial charge is 0.393 e. The van der Waals surface area contributed by atoms with Gasteiger partial charge in [-0.2, -0.15) is 0 Å². The molecule has 2 aromatic heterocycles. The van der Waals surface area contributed by atoms with Crippen LogP contribution in [-0.4, -0.2) is 21.5 Å². The zero-order valence-electron chi connectivity index (χ0n) is 12.4. The van der Waals surface area contributed by atoms with Crippen LogP contribution in [0.3, 0.4) is 0 Å². The lowest BCUT2D eigenvalue weighted by Crippen LogP contribution is -2.26. The Kier molecular flexibility index (Phi) is 3.55. The van der Waals surface area contributed by atoms with Crippen LogP contribution in [0.1, 0.15) is 12.0 Å². The Morgan fingerprint density at radius 1 is 1.17 bits per heavy atom. The van der Waals surface area contributed by atoms with Gasteiger partial charge in [0.2, 0.25) is 0 Å². The van der Waals surface area contributed by atoms with Crippen LogP contribution in [0.25, 0.3) is 0 Å². The van der Waals surface area contributed by atoms with E-state index in [2.05, 4.69) is 43.4 Å². The molecule has 3 aromatic rings. The first-order chi connectivity index (χ1) is 11.3. The van der Waals surface area contributed by atoms with Gasteiger partial charge in [-0.25, -0.2) is 15.0 Å². The van der Waals surface area contributed by atoms with Gasteiger partial charge in [0, 0.05) is 23.8 Å². The van der Waals surface area contributed by atoms with Gasteiger partial charge in [0.25, 0.3) is 0 Å². The number of fused-ring (bicyclic) bond motifs is 1. The maximum absolute atomic E-state index is 6.34. The van der Waals surface area contributed by atoms with E-state index in [-0.39, 0.29) is 0 Å². The molecular weight excluding hydrogens is 308 g/mol. The van der Waals surface area contributed by atoms with Crippen LogP contribution in [-0.2, 0) is 6.42 Å². The van der Waals surface area contributed by atoms with Crippen molar-refractivity contribution in [2.24, 2.45) is 0 Å². The van der Waals surface area contributed by atoms with Crippen molar-refractivity contribution in [1.82, 2.24) is 15.0 Å². The number of nitrogens with two attached hydrogens (primary N) is 1. The third kappa shape index (κ3) is 2.59. The summed E-state index contributed by atoms with van der Waals surface area (Å²) in [4.78, 5) is 15.1. The van der Waals surface area contributed by atoms with Crippen LogP contribution >= 0.6 is 11.3 Å². The summed E-state index contributed by atoms with van der Waals surface area (Å²) in [5.41, 5.74) is 9.37. The molecule has 0 spiro atoms. The summed E-state index contributed by atoms with van der Waals surface area (Å²) in [6.07, 6.45) is 5.45. The van der Waals surface area contributed by atoms with E-state index in [0.717, 1.165) is 30.3 Å². The molecule has 3 N–H and O–H groups in total. The fourth-order valence-corrected chi connectivity index (χ4v) is 3.37. The monoisotopic (exact) mass is 324 g/mol. The van der Waals surface area contributed by atoms with E-state index in [1.165, 1.54) is 22.6 Å². The van der Waals surface area contributed by atoms with Crippen LogP contribution in [0.15, 0.2) is 42.2 Å². The molecule has 1 aliphatic rings. The summed E-state index contributed by atoms with van der Waals surface area (Å²) in [7, 11) is 0. The minimum atomic E-state index is 0.541. The second-order valence-corrected chi connectivity index (χ2v) is 6.20. The van der Waals surface area contributed by atoms with Gasteiger partial charge < -0.3 is 16.0 Å². The molecule has 116 valence electrons. The highest BCUT2D eigenvalue weighted by molar-refractivity contribution is 7.13. The van der Waals surface area contributed by atoms with Crippen molar-refractivity contribution < 1.29 is 0 Å². The second-order valence-electron chi connectivity index (χ2n) is 5.31. The highest BCUT2D eigenvalue weighted by atomic mass is 32.1. The molecule has 6 nitrogen and oxygen atoms in total. The topological polar surface area (TPSA) is 80.0 Å². The van der Waals surface area contributed by atoms with Crippen molar-refractivity contribution in [2.45, 2.75) is 12.8 Å². The van der Waals surface area contributed by atoms with Crippen molar-refractivity contribution in [3.05, 3.63) is 47.7 Å². The normalized spacial score (nSPS) is 13.7. The summed E-state index contributed by atoms with van der Waals surface area (Å²) in [6, 6.07) is 8.39. The number of benzene rings is 1. The minimum absolute atomic E-state index is 0.541. The first-order valence-electron chi connectivity index (χ1n) is 7.45. The Bertz CT molecular complexity index is 817. The predicted octanol–water partition coefficient (Wildman–Crippen LogP) is 3.34. The van der Waals surface area contributed by atoms with Gasteiger partial charge in [0.05, 0.1) is 0 Å². The van der Waals surface area contributed by atoms with Gasteiger partial charge in [0.1, 0.15) is 12.0 Å². The molecule has 7 heteroatoms. The summed E-state index contributed by atoms with van der Waals surface area (Å²) >= 11 is 1.50. The van der Waals surface area contributed by atoms with Crippen LogP contribution < -0.4 is 16.0 Å². The van der Waals surface area contributed by atoms with Crippen molar-refractivity contribution >= 4 is 39.5 Å². The summed E-state index contributed by atoms with van der Waals surface area (Å²) in [6.45, 7) is 0.898. The zero-order chi connectivity index (χ0) is 15.6. The number of aromatic nitrogens is 3. The number of aryl methyl sites for hydroxylation is 1. The smallest absolute Gasteiger partial charge is 0.188 e. The molecule has 0 amide bonds. The number of hydrogen-bond donors (Lipinski definition) is 2. The van der Waals surface area contributed by atoms with Crippen LogP contribution in [0.4, 0.5) is 28.1 Å². The highest BCUT2D eigenvalue weighted by Crippen LogP contribution is 2.37. The summed E-state index contributed by atoms with van der Waals surface area (Å²) < 4.78 is 0. The molecule has 0 atom stereocenters. The molecule has 0 saturated heterocycles. The van der Waals surface area contributed by atoms with E-state index in [9.17, 15) is 0 Å². The SMILES string of the molecule is Nc1c(Nc2nccs2)ncnc1N1CCCc2ccccc21. The standard InChI is InChI=1S/C16H16N6S/c17-13-14(21-16-18-7-9-23-16)19-10-20-15(13)22-8-3-5-11-4-1-2-6-12(11)22/h1-2,4,6-7,9-10H,3,5,8,17H2,(H,18,19,20,21). The average Bonchev–Trinajstić information content (AvgIpc) is 3.10. The molecule has 0 bridgehead atoms. The first-order valence-corrected chi connectivity index (χ1v) is 8.33. The quantitative estimate of drug-likeness (QED) is 0.769. The fraction of sp³-hybridized carbons (Fsp3) is 0.188. The van der Waals surface area contributed by atoms with Gasteiger partial charge in [-0.3, -0.25) is 0 Å². The van der Waals surface area contributed by atoms with E-state index in [0.29, 0.717) is 11.5 Å². The summed E-state index contributed by atoms with van der Waals surface area (Å²) in [5, 5.41) is 5.83. The Morgan fingerprint density at radius 3 is 2.96 bits per heavy atom. The number of nitrogens with zero attached hydrogens (tertiary/aromatic N) is 4. The molecule has 0 aliphatic carbocycles. The van der Waals surface area contributed by atoms with Crippen LogP contribution in [0.5, 0.6) is 0 Å². The molecule has 23 heavy (non-hydrogen) atoms. The van der Waals surface area contributed by atoms with E-state index >= 15 is 0 Å². The van der Waals surface area contributed by atoms with E-state index in [4.69, 9.17) is 5.73 Å². The zero-order valence-corrected chi connectivity index (χ0v) is 13.3. The van der Waals surface area contributed by atoms with Crippen molar-refractivity contribution in [1.29, 1.82) is 0 Å². The molecule has 0 fully saturated rings. The number of anilines is 5. The number of nitrogens with one attached hydrogen (secondary N) is 1. The molecule has 3 heterocycles. The van der Waals surface area contributed by atoms with Crippen molar-refractivity contribution in [3.8, 4) is 0 Å². The van der Waals surface area contributed by atoms with Crippen molar-refractivity contribution in [2.75, 3.05) is 22.5 Å². The van der Waals surface area contributed by atoms with Crippen LogP contribution in [0.2, 0.25) is 0 Å². The Hall–Kier alpha value is -2.67. The lowest BCUT2D eigenvalue weighted by atomic mass is 10.0. The fourth-order valence-electron chi connectivity index (χ4n) is 2.84. The third-order valence-corrected chi connectivity index (χ3v) is 4.57. The molecule has 0 radical (unpaired) electrons. The third-order valence-electron chi connectivity index (χ3n) is 3.89. The van der Waals surface area contributed by atoms with Gasteiger partial charge in [-0.1, -0.05) is 18.2 Å². The molecule has 1 aromatic carbocycles. The van der Waals surface area contributed by atoms with Gasteiger partial charge in [0.15, 0.2) is 16.8 Å². The highest BCUT2D eigenvalue weighted by Gasteiger charge is 2.22. The van der Waals surface area contributed by atoms with Crippen LogP contribution in [0, 0.1) is 0 Å². The van der Waals surface area contributed by atoms with E-state index in [1.807, 2.05) is 11.4 Å². The van der Waals surface area contributed by atoms with E-state index in [1.54, 1.807) is 12.5 Å². The predicted molar refractivity (Wildman–Crippen MR) is 93.6 cm³/mol. The maximum atomic E-state index is 6.34. The lowest BCUT2D eigenvalue weighted by molar-refractivity contribution is 0.759. The Balaban J connectivity index is 1.73. The average molecular weight is 324 g/mol. The molecule has 0 saturated carbocycles. The van der Waals surface area contributed by atoms with Gasteiger partial charge in [-0.05, 0) is 24.5 Å². The molecule has 0 unspecified atom stereocenters. The molecule has 1 aliphatic heterocycles. The molecular formula is C16H16N6S. The number of para-hydroxylation sites is 1. The lowest BCUT2D eigenvalue weighted by Gasteiger charge is -2.31. The number of rotatable bonds is 3. The number of nitrogen functional groups attached to an aromatic ring is 1. The van der Waals surface area contributed by atoms with E-state index < -0.39 is 0 Å². The van der Waals surface area contributed by atoms with Gasteiger partial charge in [-0.15, -0.1) is 11.3 Å². The first kappa shape index (κ1) is 14.0. The minimum Gasteiger partial charge on any atom is -0.393 e. The van der Waals surface area contributed by atoms with Gasteiger partial charge >= 0.3 is 0 Å². The number of thiazole rings is 1.